The van der Waals surface area contributed by atoms with Crippen molar-refractivity contribution in [3.8, 4) is 0 Å². The van der Waals surface area contributed by atoms with E-state index in [0.717, 1.165) is 10.2 Å². The fourth-order valence-electron chi connectivity index (χ4n) is 1.54. The molecule has 2 aromatic carbocycles. The van der Waals surface area contributed by atoms with Gasteiger partial charge in [-0.15, -0.1) is 0 Å². The molecular weight excluding hydrogens is 305 g/mol. The molecule has 2 aromatic rings. The van der Waals surface area contributed by atoms with E-state index in [4.69, 9.17) is 0 Å². The molecule has 0 spiro atoms. The second-order valence-corrected chi connectivity index (χ2v) is 6.03. The van der Waals surface area contributed by atoms with Gasteiger partial charge in [-0.1, -0.05) is 0 Å². The van der Waals surface area contributed by atoms with Crippen LogP contribution in [-0.4, -0.2) is 26.0 Å². The van der Waals surface area contributed by atoms with Crippen LogP contribution in [0.2, 0.25) is 0 Å². The third kappa shape index (κ3) is 4.02. The molecule has 18 heavy (non-hydrogen) atoms. The number of hydrogen-bond donors (Lipinski definition) is 0. The molecule has 0 aliphatic heterocycles. The van der Waals surface area contributed by atoms with E-state index in [1.54, 1.807) is 11.8 Å². The van der Waals surface area contributed by atoms with E-state index in [1.807, 2.05) is 24.3 Å². The van der Waals surface area contributed by atoms with Gasteiger partial charge in [0.1, 0.15) is 0 Å². The van der Waals surface area contributed by atoms with E-state index < -0.39 is 0 Å². The molecule has 3 heteroatoms. The summed E-state index contributed by atoms with van der Waals surface area (Å²) < 4.78 is 0.964. The van der Waals surface area contributed by atoms with Crippen LogP contribution in [0.3, 0.4) is 0 Å². The number of rotatable bonds is 4. The van der Waals surface area contributed by atoms with E-state index in [9.17, 15) is 0 Å². The SMILES string of the molecule is CC(/N=C(\[Se])c1ccccc1)Sc1ccccc1. The monoisotopic (exact) mass is 320 g/mol. The standard InChI is InChI=1S/C15H14NSSe/c1-12(17-14-10-6-3-7-11-14)16-15(18)13-8-4-2-5-9-13/h2-12H,1H3/b16-15-. The minimum atomic E-state index is 0.198. The quantitative estimate of drug-likeness (QED) is 0.475. The Hall–Kier alpha value is -1.02. The van der Waals surface area contributed by atoms with Crippen LogP contribution in [-0.2, 0) is 0 Å². The van der Waals surface area contributed by atoms with Crippen LogP contribution in [0.5, 0.6) is 0 Å². The predicted molar refractivity (Wildman–Crippen MR) is 80.5 cm³/mol. The summed E-state index contributed by atoms with van der Waals surface area (Å²) in [6, 6.07) is 20.5. The van der Waals surface area contributed by atoms with Crippen LogP contribution >= 0.6 is 11.8 Å². The number of aliphatic imine (C=N–C) groups is 1. The Balaban J connectivity index is 2.04. The topological polar surface area (TPSA) is 12.4 Å². The first kappa shape index (κ1) is 13.4. The molecule has 0 saturated heterocycles. The molecule has 0 fully saturated rings. The summed E-state index contributed by atoms with van der Waals surface area (Å²) in [5.41, 5.74) is 1.14. The number of thioether (sulfide) groups is 1. The summed E-state index contributed by atoms with van der Waals surface area (Å²) in [6.07, 6.45) is 0. The molecule has 1 atom stereocenters. The van der Waals surface area contributed by atoms with Gasteiger partial charge in [0.15, 0.2) is 0 Å². The van der Waals surface area contributed by atoms with Crippen molar-refractivity contribution < 1.29 is 0 Å². The second-order valence-electron chi connectivity index (χ2n) is 3.83. The minimum absolute atomic E-state index is 0.198. The number of benzene rings is 2. The Kier molecular flexibility index (Phi) is 5.06. The van der Waals surface area contributed by atoms with Crippen molar-refractivity contribution in [2.24, 2.45) is 4.99 Å². The third-order valence-electron chi connectivity index (χ3n) is 2.37. The van der Waals surface area contributed by atoms with Crippen molar-refractivity contribution in [1.29, 1.82) is 0 Å². The Bertz CT molecular complexity index is 511. The van der Waals surface area contributed by atoms with Crippen molar-refractivity contribution >= 4 is 32.4 Å². The van der Waals surface area contributed by atoms with Crippen molar-refractivity contribution in [3.05, 3.63) is 66.2 Å². The van der Waals surface area contributed by atoms with Crippen LogP contribution in [0.25, 0.3) is 0 Å². The summed E-state index contributed by atoms with van der Waals surface area (Å²) in [5.74, 6) is 0. The molecule has 0 heterocycles. The fourth-order valence-corrected chi connectivity index (χ4v) is 3.18. The molecule has 0 aliphatic rings. The van der Waals surface area contributed by atoms with Crippen LogP contribution in [0.15, 0.2) is 70.6 Å². The molecule has 2 rings (SSSR count). The van der Waals surface area contributed by atoms with Crippen LogP contribution in [0.1, 0.15) is 12.5 Å². The van der Waals surface area contributed by atoms with Crippen LogP contribution < -0.4 is 0 Å². The molecule has 1 unspecified atom stereocenters. The van der Waals surface area contributed by atoms with Gasteiger partial charge >= 0.3 is 121 Å². The van der Waals surface area contributed by atoms with Gasteiger partial charge in [0.2, 0.25) is 0 Å². The first-order valence-corrected chi connectivity index (χ1v) is 7.51. The number of nitrogens with zero attached hydrogens (tertiary/aromatic N) is 1. The van der Waals surface area contributed by atoms with E-state index in [1.165, 1.54) is 4.90 Å². The van der Waals surface area contributed by atoms with Gasteiger partial charge in [-0.2, -0.15) is 0 Å². The summed E-state index contributed by atoms with van der Waals surface area (Å²) in [5, 5.41) is 0.198. The maximum absolute atomic E-state index is 4.67. The number of hydrogen-bond acceptors (Lipinski definition) is 2. The maximum atomic E-state index is 4.67. The average Bonchev–Trinajstić information content (AvgIpc) is 2.40. The third-order valence-corrected chi connectivity index (χ3v) is 4.08. The average molecular weight is 319 g/mol. The normalized spacial score (nSPS) is 13.3. The molecule has 91 valence electrons. The molecule has 1 nitrogen and oxygen atoms in total. The first-order valence-electron chi connectivity index (χ1n) is 5.77. The van der Waals surface area contributed by atoms with Gasteiger partial charge < -0.3 is 0 Å². The molecule has 0 aliphatic carbocycles. The Morgan fingerprint density at radius 3 is 2.17 bits per heavy atom. The predicted octanol–water partition coefficient (Wildman–Crippen LogP) is 3.74. The van der Waals surface area contributed by atoms with Gasteiger partial charge in [0, 0.05) is 0 Å². The first-order chi connectivity index (χ1) is 8.75. The second kappa shape index (κ2) is 6.79. The molecule has 0 amide bonds. The fraction of sp³-hybridized carbons (Fsp3) is 0.133. The van der Waals surface area contributed by atoms with Crippen LogP contribution in [0.4, 0.5) is 0 Å². The molecule has 0 saturated carbocycles. The molecule has 1 radical (unpaired) electrons. The van der Waals surface area contributed by atoms with Crippen molar-refractivity contribution in [2.75, 3.05) is 0 Å². The molecular formula is C15H14NSSe. The van der Waals surface area contributed by atoms with E-state index in [-0.39, 0.29) is 5.37 Å². The Labute approximate surface area is 121 Å². The zero-order chi connectivity index (χ0) is 12.8. The van der Waals surface area contributed by atoms with Gasteiger partial charge in [-0.3, -0.25) is 0 Å². The van der Waals surface area contributed by atoms with Gasteiger partial charge in [-0.05, 0) is 0 Å². The zero-order valence-corrected chi connectivity index (χ0v) is 12.6. The van der Waals surface area contributed by atoms with E-state index in [2.05, 4.69) is 64.3 Å². The molecule has 0 aromatic heterocycles. The summed E-state index contributed by atoms with van der Waals surface area (Å²) >= 11 is 4.81. The van der Waals surface area contributed by atoms with Crippen molar-refractivity contribution in [1.82, 2.24) is 0 Å². The van der Waals surface area contributed by atoms with Gasteiger partial charge in [-0.25, -0.2) is 0 Å². The van der Waals surface area contributed by atoms with Crippen LogP contribution in [0, 0.1) is 0 Å². The summed E-state index contributed by atoms with van der Waals surface area (Å²) in [7, 11) is 0. The summed E-state index contributed by atoms with van der Waals surface area (Å²) in [4.78, 5) is 5.91. The molecule has 0 N–H and O–H groups in total. The zero-order valence-electron chi connectivity index (χ0n) is 10.1. The van der Waals surface area contributed by atoms with Gasteiger partial charge in [0.25, 0.3) is 0 Å². The summed E-state index contributed by atoms with van der Waals surface area (Å²) in [6.45, 7) is 2.11. The van der Waals surface area contributed by atoms with Gasteiger partial charge in [0.05, 0.1) is 0 Å². The molecule has 0 bridgehead atoms. The van der Waals surface area contributed by atoms with E-state index in [0.29, 0.717) is 0 Å². The van der Waals surface area contributed by atoms with E-state index >= 15 is 0 Å². The Morgan fingerprint density at radius 2 is 1.56 bits per heavy atom. The van der Waals surface area contributed by atoms with Crippen molar-refractivity contribution in [3.63, 3.8) is 0 Å². The van der Waals surface area contributed by atoms with Crippen molar-refractivity contribution in [2.45, 2.75) is 17.2 Å². The Morgan fingerprint density at radius 1 is 1.00 bits per heavy atom.